The second kappa shape index (κ2) is 6.28. The molecule has 0 aromatic carbocycles. The van der Waals surface area contributed by atoms with E-state index in [4.69, 9.17) is 4.42 Å². The molecule has 0 bridgehead atoms. The summed E-state index contributed by atoms with van der Waals surface area (Å²) in [6.07, 6.45) is 3.68. The Bertz CT molecular complexity index is 538. The van der Waals surface area contributed by atoms with Crippen LogP contribution in [0.4, 0.5) is 0 Å². The first-order valence-corrected chi connectivity index (χ1v) is 8.72. The van der Waals surface area contributed by atoms with Crippen molar-refractivity contribution in [2.75, 3.05) is 7.05 Å². The second-order valence-corrected chi connectivity index (χ2v) is 7.34. The van der Waals surface area contributed by atoms with E-state index in [1.54, 1.807) is 6.07 Å². The van der Waals surface area contributed by atoms with Crippen LogP contribution in [0.25, 0.3) is 0 Å². The van der Waals surface area contributed by atoms with Gasteiger partial charge in [0.1, 0.15) is 5.76 Å². The topological polar surface area (TPSA) is 71.3 Å². The molecule has 0 aliphatic heterocycles. The first-order valence-electron chi connectivity index (χ1n) is 7.23. The number of sulfonamides is 1. The minimum Gasteiger partial charge on any atom is -0.447 e. The molecule has 0 radical (unpaired) electrons. The smallest absolute Gasteiger partial charge is 0.273 e. The van der Waals surface area contributed by atoms with Gasteiger partial charge in [0, 0.05) is 6.04 Å². The fraction of sp³-hybridized carbons (Fsp3) is 0.714. The Morgan fingerprint density at radius 2 is 2.10 bits per heavy atom. The van der Waals surface area contributed by atoms with Gasteiger partial charge < -0.3 is 9.73 Å². The highest BCUT2D eigenvalue weighted by molar-refractivity contribution is 7.89. The Balaban J connectivity index is 1.93. The average molecular weight is 300 g/mol. The summed E-state index contributed by atoms with van der Waals surface area (Å²) in [5.74, 6) is 2.12. The molecule has 5 nitrogen and oxygen atoms in total. The van der Waals surface area contributed by atoms with Crippen LogP contribution in [-0.4, -0.2) is 21.5 Å². The van der Waals surface area contributed by atoms with Crippen molar-refractivity contribution in [3.05, 3.63) is 17.9 Å². The van der Waals surface area contributed by atoms with Gasteiger partial charge in [-0.2, -0.15) is 0 Å². The first kappa shape index (κ1) is 15.5. The summed E-state index contributed by atoms with van der Waals surface area (Å²) in [4.78, 5) is 0. The quantitative estimate of drug-likeness (QED) is 0.844. The van der Waals surface area contributed by atoms with Crippen LogP contribution < -0.4 is 10.0 Å². The predicted molar refractivity (Wildman–Crippen MR) is 77.8 cm³/mol. The van der Waals surface area contributed by atoms with Crippen LogP contribution in [0.15, 0.2) is 21.6 Å². The fourth-order valence-corrected chi connectivity index (χ4v) is 3.71. The van der Waals surface area contributed by atoms with Crippen molar-refractivity contribution in [3.8, 4) is 0 Å². The number of hydrogen-bond donors (Lipinski definition) is 2. The van der Waals surface area contributed by atoms with E-state index >= 15 is 0 Å². The molecule has 1 fully saturated rings. The highest BCUT2D eigenvalue weighted by atomic mass is 32.2. The van der Waals surface area contributed by atoms with Crippen LogP contribution in [0.3, 0.4) is 0 Å². The molecule has 3 unspecified atom stereocenters. The van der Waals surface area contributed by atoms with Crippen LogP contribution in [0.2, 0.25) is 0 Å². The Kier molecular flexibility index (Phi) is 4.88. The molecule has 1 aromatic heterocycles. The number of hydrogen-bond acceptors (Lipinski definition) is 4. The monoisotopic (exact) mass is 300 g/mol. The standard InChI is InChI=1S/C14H24N2O3S/c1-4-11-5-7-13(10(11)2)16-9-12-6-8-14(19-12)20(17,18)15-3/h6,8,10-11,13,15-16H,4-5,7,9H2,1-3H3. The van der Waals surface area contributed by atoms with Crippen molar-refractivity contribution >= 4 is 10.0 Å². The highest BCUT2D eigenvalue weighted by Gasteiger charge is 2.31. The summed E-state index contributed by atoms with van der Waals surface area (Å²) in [5, 5.41) is 3.46. The second-order valence-electron chi connectivity index (χ2n) is 5.52. The molecule has 1 heterocycles. The lowest BCUT2D eigenvalue weighted by molar-refractivity contribution is 0.328. The minimum absolute atomic E-state index is 0.0253. The minimum atomic E-state index is -3.48. The normalized spacial score (nSPS) is 27.1. The van der Waals surface area contributed by atoms with Gasteiger partial charge in [-0.1, -0.05) is 20.3 Å². The number of furan rings is 1. The molecule has 3 atom stereocenters. The Labute approximate surface area is 121 Å². The summed E-state index contributed by atoms with van der Waals surface area (Å²) >= 11 is 0. The Morgan fingerprint density at radius 3 is 2.70 bits per heavy atom. The average Bonchev–Trinajstić information content (AvgIpc) is 3.04. The van der Waals surface area contributed by atoms with Crippen molar-refractivity contribution in [2.24, 2.45) is 11.8 Å². The van der Waals surface area contributed by atoms with Gasteiger partial charge in [0.05, 0.1) is 6.54 Å². The molecule has 1 saturated carbocycles. The third kappa shape index (κ3) is 3.24. The maximum Gasteiger partial charge on any atom is 0.273 e. The lowest BCUT2D eigenvalue weighted by Crippen LogP contribution is -2.32. The van der Waals surface area contributed by atoms with Crippen LogP contribution in [-0.2, 0) is 16.6 Å². The van der Waals surface area contributed by atoms with Gasteiger partial charge in [-0.05, 0) is 43.9 Å². The zero-order valence-corrected chi connectivity index (χ0v) is 13.2. The maximum absolute atomic E-state index is 11.6. The molecule has 114 valence electrons. The summed E-state index contributed by atoms with van der Waals surface area (Å²) in [7, 11) is -2.11. The molecule has 1 aromatic rings. The van der Waals surface area contributed by atoms with Crippen LogP contribution in [0.1, 0.15) is 38.9 Å². The molecule has 6 heteroatoms. The Morgan fingerprint density at radius 1 is 1.35 bits per heavy atom. The molecule has 1 aliphatic carbocycles. The summed E-state index contributed by atoms with van der Waals surface area (Å²) in [5.41, 5.74) is 0. The molecule has 0 saturated heterocycles. The zero-order valence-electron chi connectivity index (χ0n) is 12.3. The van der Waals surface area contributed by atoms with E-state index in [9.17, 15) is 8.42 Å². The van der Waals surface area contributed by atoms with E-state index in [1.807, 2.05) is 0 Å². The van der Waals surface area contributed by atoms with E-state index < -0.39 is 10.0 Å². The van der Waals surface area contributed by atoms with E-state index in [1.165, 1.54) is 32.4 Å². The van der Waals surface area contributed by atoms with Gasteiger partial charge in [0.2, 0.25) is 5.09 Å². The van der Waals surface area contributed by atoms with E-state index in [0.717, 1.165) is 5.92 Å². The number of rotatable bonds is 6. The lowest BCUT2D eigenvalue weighted by atomic mass is 9.93. The largest absolute Gasteiger partial charge is 0.447 e. The molecular formula is C14H24N2O3S. The van der Waals surface area contributed by atoms with Crippen molar-refractivity contribution in [1.29, 1.82) is 0 Å². The van der Waals surface area contributed by atoms with Gasteiger partial charge in [-0.3, -0.25) is 0 Å². The summed E-state index contributed by atoms with van der Waals surface area (Å²) in [6.45, 7) is 5.10. The molecule has 0 spiro atoms. The SMILES string of the molecule is CCC1CCC(NCc2ccc(S(=O)(=O)NC)o2)C1C. The summed E-state index contributed by atoms with van der Waals surface area (Å²) in [6, 6.07) is 3.71. The van der Waals surface area contributed by atoms with Gasteiger partial charge >= 0.3 is 0 Å². The third-order valence-electron chi connectivity index (χ3n) is 4.46. The fourth-order valence-electron chi connectivity index (χ4n) is 3.04. The van der Waals surface area contributed by atoms with Crippen LogP contribution >= 0.6 is 0 Å². The van der Waals surface area contributed by atoms with E-state index in [0.29, 0.717) is 24.3 Å². The van der Waals surface area contributed by atoms with Crippen molar-refractivity contribution < 1.29 is 12.8 Å². The van der Waals surface area contributed by atoms with Gasteiger partial charge in [0.15, 0.2) is 0 Å². The van der Waals surface area contributed by atoms with E-state index in [-0.39, 0.29) is 5.09 Å². The molecule has 0 amide bonds. The van der Waals surface area contributed by atoms with Gasteiger partial charge in [-0.15, -0.1) is 0 Å². The van der Waals surface area contributed by atoms with Gasteiger partial charge in [-0.25, -0.2) is 13.1 Å². The molecule has 1 aliphatic rings. The molecule has 20 heavy (non-hydrogen) atoms. The molecular weight excluding hydrogens is 276 g/mol. The highest BCUT2D eigenvalue weighted by Crippen LogP contribution is 2.34. The van der Waals surface area contributed by atoms with E-state index in [2.05, 4.69) is 23.9 Å². The van der Waals surface area contributed by atoms with Crippen LogP contribution in [0, 0.1) is 11.8 Å². The lowest BCUT2D eigenvalue weighted by Gasteiger charge is -2.20. The third-order valence-corrected chi connectivity index (χ3v) is 5.75. The zero-order chi connectivity index (χ0) is 14.8. The van der Waals surface area contributed by atoms with Gasteiger partial charge in [0.25, 0.3) is 10.0 Å². The van der Waals surface area contributed by atoms with Crippen molar-refractivity contribution in [3.63, 3.8) is 0 Å². The predicted octanol–water partition coefficient (Wildman–Crippen LogP) is 2.10. The van der Waals surface area contributed by atoms with Crippen molar-refractivity contribution in [2.45, 2.75) is 50.8 Å². The van der Waals surface area contributed by atoms with Crippen LogP contribution in [0.5, 0.6) is 0 Å². The molecule has 2 N–H and O–H groups in total. The Hall–Kier alpha value is -0.850. The number of nitrogens with one attached hydrogen (secondary N) is 2. The molecule has 2 rings (SSSR count). The van der Waals surface area contributed by atoms with Crippen molar-refractivity contribution in [1.82, 2.24) is 10.0 Å². The first-order chi connectivity index (χ1) is 9.47. The summed E-state index contributed by atoms with van der Waals surface area (Å²) < 4.78 is 30.8. The maximum atomic E-state index is 11.6.